The highest BCUT2D eigenvalue weighted by Crippen LogP contribution is 2.29. The molecule has 5 rings (SSSR count). The van der Waals surface area contributed by atoms with Crippen LogP contribution in [-0.2, 0) is 4.74 Å². The first-order valence-electron chi connectivity index (χ1n) is 12.5. The van der Waals surface area contributed by atoms with Gasteiger partial charge in [-0.15, -0.1) is 0 Å². The van der Waals surface area contributed by atoms with E-state index in [0.717, 1.165) is 28.0 Å². The lowest BCUT2D eigenvalue weighted by Crippen LogP contribution is -2.35. The van der Waals surface area contributed by atoms with Crippen LogP contribution in [0.2, 0.25) is 0 Å². The molecule has 1 aliphatic rings. The second-order valence-electron chi connectivity index (χ2n) is 9.22. The zero-order valence-corrected chi connectivity index (χ0v) is 21.5. The number of amides is 1. The molecule has 9 heteroatoms. The Morgan fingerprint density at radius 3 is 2.58 bits per heavy atom. The zero-order valence-electron chi connectivity index (χ0n) is 21.5. The van der Waals surface area contributed by atoms with Crippen LogP contribution in [0.3, 0.4) is 0 Å². The van der Waals surface area contributed by atoms with Gasteiger partial charge in [0, 0.05) is 25.0 Å². The van der Waals surface area contributed by atoms with E-state index in [2.05, 4.69) is 15.4 Å². The number of hydrogen-bond donors (Lipinski definition) is 1. The second-order valence-corrected chi connectivity index (χ2v) is 9.22. The zero-order chi connectivity index (χ0) is 26.8. The highest BCUT2D eigenvalue weighted by molar-refractivity contribution is 6.01. The van der Waals surface area contributed by atoms with Crippen molar-refractivity contribution < 1.29 is 18.7 Å². The number of hydrogen-bond acceptors (Lipinski definition) is 6. The average Bonchev–Trinajstić information content (AvgIpc) is 3.36. The molecule has 8 nitrogen and oxygen atoms in total. The molecular weight excluding hydrogens is 485 g/mol. The maximum atomic E-state index is 13.8. The van der Waals surface area contributed by atoms with Crippen LogP contribution >= 0.6 is 0 Å². The number of esters is 1. The van der Waals surface area contributed by atoms with Crippen molar-refractivity contribution in [1.29, 1.82) is 0 Å². The topological polar surface area (TPSA) is 88.8 Å². The maximum absolute atomic E-state index is 13.8. The molecule has 0 radical (unpaired) electrons. The van der Waals surface area contributed by atoms with Crippen LogP contribution in [-0.4, -0.2) is 51.1 Å². The summed E-state index contributed by atoms with van der Waals surface area (Å²) >= 11 is 0. The molecule has 0 saturated heterocycles. The van der Waals surface area contributed by atoms with Gasteiger partial charge < -0.3 is 15.0 Å². The molecule has 1 aliphatic heterocycles. The molecule has 0 unspecified atom stereocenters. The van der Waals surface area contributed by atoms with Gasteiger partial charge in [0.15, 0.2) is 5.65 Å². The van der Waals surface area contributed by atoms with E-state index in [1.54, 1.807) is 24.0 Å². The minimum absolute atomic E-state index is 0.213. The molecule has 194 valence electrons. The summed E-state index contributed by atoms with van der Waals surface area (Å²) < 4.78 is 20.0. The largest absolute Gasteiger partial charge is 0.462 e. The number of fused-ring (bicyclic) bond motifs is 1. The van der Waals surface area contributed by atoms with Gasteiger partial charge in [-0.1, -0.05) is 30.3 Å². The molecule has 3 heterocycles. The summed E-state index contributed by atoms with van der Waals surface area (Å²) in [7, 11) is 0. The molecular formula is C29H28FN5O3. The van der Waals surface area contributed by atoms with Crippen molar-refractivity contribution in [3.05, 3.63) is 94.6 Å². The lowest BCUT2D eigenvalue weighted by atomic mass is 9.99. The van der Waals surface area contributed by atoms with Crippen LogP contribution < -0.4 is 5.32 Å². The standard InChI is InChI=1S/C29H28FN5O3/c1-4-38-29(37)24-17-32-35-26(24)31-16-23(27(35)33-25-15-18(2)5-6-19(25)3)28(36)34-13-11-21(12-14-34)20-7-9-22(30)10-8-20/h5-11,15-17,33H,4,12-14H2,1-3H3. The summed E-state index contributed by atoms with van der Waals surface area (Å²) in [6, 6.07) is 12.4. The van der Waals surface area contributed by atoms with E-state index in [1.165, 1.54) is 29.0 Å². The Labute approximate surface area is 219 Å². The molecule has 38 heavy (non-hydrogen) atoms. The fourth-order valence-corrected chi connectivity index (χ4v) is 4.51. The van der Waals surface area contributed by atoms with Crippen molar-refractivity contribution in [3.63, 3.8) is 0 Å². The van der Waals surface area contributed by atoms with Crippen LogP contribution in [0.15, 0.2) is 60.9 Å². The fraction of sp³-hybridized carbons (Fsp3) is 0.241. The number of carbonyl (C=O) groups is 2. The molecule has 0 saturated carbocycles. The van der Waals surface area contributed by atoms with Crippen LogP contribution in [0.5, 0.6) is 0 Å². The smallest absolute Gasteiger partial charge is 0.343 e. The molecule has 2 aromatic heterocycles. The van der Waals surface area contributed by atoms with Crippen molar-refractivity contribution >= 4 is 34.6 Å². The predicted molar refractivity (Wildman–Crippen MR) is 143 cm³/mol. The third-order valence-electron chi connectivity index (χ3n) is 6.61. The van der Waals surface area contributed by atoms with Gasteiger partial charge in [0.1, 0.15) is 22.8 Å². The first kappa shape index (κ1) is 25.1. The van der Waals surface area contributed by atoms with Gasteiger partial charge in [0.25, 0.3) is 5.91 Å². The molecule has 1 N–H and O–H groups in total. The lowest BCUT2D eigenvalue weighted by molar-refractivity contribution is 0.0528. The number of aromatic nitrogens is 3. The van der Waals surface area contributed by atoms with Gasteiger partial charge in [-0.3, -0.25) is 4.79 Å². The summed E-state index contributed by atoms with van der Waals surface area (Å²) in [6.07, 6.45) is 5.52. The van der Waals surface area contributed by atoms with Crippen molar-refractivity contribution in [2.75, 3.05) is 25.0 Å². The highest BCUT2D eigenvalue weighted by Gasteiger charge is 2.26. The summed E-state index contributed by atoms with van der Waals surface area (Å²) in [6.45, 7) is 6.82. The van der Waals surface area contributed by atoms with Gasteiger partial charge in [-0.2, -0.15) is 9.61 Å². The number of anilines is 2. The Balaban J connectivity index is 1.52. The molecule has 0 atom stereocenters. The Morgan fingerprint density at radius 2 is 1.87 bits per heavy atom. The van der Waals surface area contributed by atoms with E-state index in [4.69, 9.17) is 4.74 Å². The van der Waals surface area contributed by atoms with E-state index in [0.29, 0.717) is 36.5 Å². The number of rotatable bonds is 6. The van der Waals surface area contributed by atoms with E-state index >= 15 is 0 Å². The number of aryl methyl sites for hydroxylation is 2. The van der Waals surface area contributed by atoms with Crippen molar-refractivity contribution in [3.8, 4) is 0 Å². The number of ether oxygens (including phenoxy) is 1. The summed E-state index contributed by atoms with van der Waals surface area (Å²) in [4.78, 5) is 32.4. The molecule has 0 fully saturated rings. The number of benzene rings is 2. The Hall–Kier alpha value is -4.53. The van der Waals surface area contributed by atoms with Crippen molar-refractivity contribution in [1.82, 2.24) is 19.5 Å². The first-order chi connectivity index (χ1) is 18.4. The molecule has 4 aromatic rings. The van der Waals surface area contributed by atoms with Crippen LogP contribution in [0.1, 0.15) is 50.8 Å². The maximum Gasteiger partial charge on any atom is 0.343 e. The van der Waals surface area contributed by atoms with Gasteiger partial charge in [0.2, 0.25) is 0 Å². The minimum Gasteiger partial charge on any atom is -0.462 e. The van der Waals surface area contributed by atoms with Gasteiger partial charge in [-0.05, 0) is 67.7 Å². The van der Waals surface area contributed by atoms with E-state index in [1.807, 2.05) is 38.1 Å². The SMILES string of the molecule is CCOC(=O)c1cnn2c(Nc3cc(C)ccc3C)c(C(=O)N3CC=C(c4ccc(F)cc4)CC3)cnc12. The monoisotopic (exact) mass is 513 g/mol. The summed E-state index contributed by atoms with van der Waals surface area (Å²) in [5, 5.41) is 7.77. The number of carbonyl (C=O) groups excluding carboxylic acids is 2. The first-order valence-corrected chi connectivity index (χ1v) is 12.5. The fourth-order valence-electron chi connectivity index (χ4n) is 4.51. The van der Waals surface area contributed by atoms with Gasteiger partial charge in [-0.25, -0.2) is 14.2 Å². The molecule has 0 aliphatic carbocycles. The van der Waals surface area contributed by atoms with E-state index < -0.39 is 5.97 Å². The number of halogens is 1. The van der Waals surface area contributed by atoms with Crippen molar-refractivity contribution in [2.24, 2.45) is 0 Å². The summed E-state index contributed by atoms with van der Waals surface area (Å²) in [5.74, 6) is -0.605. The van der Waals surface area contributed by atoms with E-state index in [9.17, 15) is 14.0 Å². The van der Waals surface area contributed by atoms with Gasteiger partial charge in [0.05, 0.1) is 12.8 Å². The molecule has 1 amide bonds. The van der Waals surface area contributed by atoms with Gasteiger partial charge >= 0.3 is 5.97 Å². The van der Waals surface area contributed by atoms with E-state index in [-0.39, 0.29) is 23.9 Å². The quantitative estimate of drug-likeness (QED) is 0.351. The van der Waals surface area contributed by atoms with Crippen LogP contribution in [0.4, 0.5) is 15.9 Å². The molecule has 0 spiro atoms. The third kappa shape index (κ3) is 4.87. The Kier molecular flexibility index (Phi) is 6.91. The number of nitrogens with one attached hydrogen (secondary N) is 1. The summed E-state index contributed by atoms with van der Waals surface area (Å²) in [5.41, 5.74) is 5.72. The van der Waals surface area contributed by atoms with Crippen molar-refractivity contribution in [2.45, 2.75) is 27.2 Å². The Bertz CT molecular complexity index is 1560. The minimum atomic E-state index is -0.527. The predicted octanol–water partition coefficient (Wildman–Crippen LogP) is 5.34. The normalized spacial score (nSPS) is 13.4. The average molecular weight is 514 g/mol. The molecule has 2 aromatic carbocycles. The molecule has 0 bridgehead atoms. The number of nitrogens with zero attached hydrogens (tertiary/aromatic N) is 4. The Morgan fingerprint density at radius 1 is 1.08 bits per heavy atom. The van der Waals surface area contributed by atoms with Crippen LogP contribution in [0, 0.1) is 19.7 Å². The lowest BCUT2D eigenvalue weighted by Gasteiger charge is -2.27. The third-order valence-corrected chi connectivity index (χ3v) is 6.61. The van der Waals surface area contributed by atoms with Crippen LogP contribution in [0.25, 0.3) is 11.2 Å². The second kappa shape index (κ2) is 10.5. The highest BCUT2D eigenvalue weighted by atomic mass is 19.1.